The van der Waals surface area contributed by atoms with E-state index >= 15 is 0 Å². The summed E-state index contributed by atoms with van der Waals surface area (Å²) < 4.78 is 25.3. The highest BCUT2D eigenvalue weighted by molar-refractivity contribution is 7.89. The molecular formula is C7H13N3O3S. The lowest BCUT2D eigenvalue weighted by Crippen LogP contribution is -2.30. The lowest BCUT2D eigenvalue weighted by molar-refractivity contribution is 0.198. The zero-order valence-electron chi connectivity index (χ0n) is 7.98. The van der Waals surface area contributed by atoms with Crippen LogP contribution in [-0.4, -0.2) is 36.4 Å². The second-order valence-electron chi connectivity index (χ2n) is 3.06. The minimum atomic E-state index is -3.55. The lowest BCUT2D eigenvalue weighted by atomic mass is 10.4. The Morgan fingerprint density at radius 2 is 2.36 bits per heavy atom. The van der Waals surface area contributed by atoms with Crippen LogP contribution in [0.5, 0.6) is 0 Å². The van der Waals surface area contributed by atoms with Crippen molar-refractivity contribution in [2.75, 3.05) is 6.54 Å². The zero-order chi connectivity index (χ0) is 10.8. The molecule has 6 nitrogen and oxygen atoms in total. The highest BCUT2D eigenvalue weighted by Crippen LogP contribution is 2.10. The van der Waals surface area contributed by atoms with Crippen molar-refractivity contribution >= 4 is 10.0 Å². The van der Waals surface area contributed by atoms with E-state index in [9.17, 15) is 8.42 Å². The molecule has 7 heteroatoms. The first-order valence-electron chi connectivity index (χ1n) is 4.11. The summed E-state index contributed by atoms with van der Waals surface area (Å²) in [6, 6.07) is 0. The van der Waals surface area contributed by atoms with E-state index in [2.05, 4.69) is 14.9 Å². The van der Waals surface area contributed by atoms with Gasteiger partial charge in [0.25, 0.3) is 0 Å². The molecule has 1 atom stereocenters. The third kappa shape index (κ3) is 2.53. The number of sulfonamides is 1. The molecule has 1 heterocycles. The first kappa shape index (κ1) is 11.2. The van der Waals surface area contributed by atoms with Gasteiger partial charge >= 0.3 is 0 Å². The van der Waals surface area contributed by atoms with Crippen LogP contribution in [0.15, 0.2) is 11.1 Å². The van der Waals surface area contributed by atoms with Gasteiger partial charge in [-0.2, -0.15) is 5.10 Å². The summed E-state index contributed by atoms with van der Waals surface area (Å²) in [4.78, 5) is 0.109. The number of aromatic nitrogens is 2. The lowest BCUT2D eigenvalue weighted by Gasteiger charge is -2.06. The molecule has 1 aromatic heterocycles. The van der Waals surface area contributed by atoms with Crippen LogP contribution in [0.25, 0.3) is 0 Å². The molecule has 0 amide bonds. The average molecular weight is 219 g/mol. The van der Waals surface area contributed by atoms with Crippen molar-refractivity contribution < 1.29 is 13.5 Å². The zero-order valence-corrected chi connectivity index (χ0v) is 8.80. The summed E-state index contributed by atoms with van der Waals surface area (Å²) in [5.41, 5.74) is 0.475. The van der Waals surface area contributed by atoms with Gasteiger partial charge in [0, 0.05) is 6.54 Å². The van der Waals surface area contributed by atoms with Crippen LogP contribution < -0.4 is 4.72 Å². The molecule has 0 aliphatic heterocycles. The number of nitrogens with one attached hydrogen (secondary N) is 2. The van der Waals surface area contributed by atoms with Gasteiger partial charge in [0.1, 0.15) is 4.90 Å². The summed E-state index contributed by atoms with van der Waals surface area (Å²) in [7, 11) is -3.55. The molecule has 0 unspecified atom stereocenters. The van der Waals surface area contributed by atoms with Crippen LogP contribution in [-0.2, 0) is 10.0 Å². The summed E-state index contributed by atoms with van der Waals surface area (Å²) in [6.45, 7) is 3.11. The maximum Gasteiger partial charge on any atom is 0.244 e. The molecule has 80 valence electrons. The predicted octanol–water partition coefficient (Wildman–Crippen LogP) is -0.623. The molecule has 3 N–H and O–H groups in total. The van der Waals surface area contributed by atoms with E-state index in [0.717, 1.165) is 0 Å². The Labute approximate surface area is 82.4 Å². The fourth-order valence-electron chi connectivity index (χ4n) is 0.919. The van der Waals surface area contributed by atoms with Crippen molar-refractivity contribution in [3.63, 3.8) is 0 Å². The molecule has 0 saturated heterocycles. The van der Waals surface area contributed by atoms with Crippen LogP contribution in [0.2, 0.25) is 0 Å². The topological polar surface area (TPSA) is 95.1 Å². The van der Waals surface area contributed by atoms with Crippen molar-refractivity contribution in [3.8, 4) is 0 Å². The molecule has 14 heavy (non-hydrogen) atoms. The number of aliphatic hydroxyl groups excluding tert-OH is 1. The monoisotopic (exact) mass is 219 g/mol. The molecule has 0 aliphatic rings. The standard InChI is InChI=1S/C7H13N3O3S/c1-5(11)3-9-14(12,13)7-4-8-10-6(7)2/h4-5,9,11H,3H2,1-2H3,(H,8,10)/t5-/m0/s1. The fraction of sp³-hybridized carbons (Fsp3) is 0.571. The van der Waals surface area contributed by atoms with Gasteiger partial charge in [-0.25, -0.2) is 13.1 Å². The predicted molar refractivity (Wildman–Crippen MR) is 50.2 cm³/mol. The van der Waals surface area contributed by atoms with Crippen molar-refractivity contribution in [1.82, 2.24) is 14.9 Å². The van der Waals surface area contributed by atoms with Gasteiger partial charge in [0.2, 0.25) is 10.0 Å². The molecule has 1 rings (SSSR count). The normalized spacial score (nSPS) is 14.2. The van der Waals surface area contributed by atoms with Crippen LogP contribution in [0, 0.1) is 6.92 Å². The van der Waals surface area contributed by atoms with Gasteiger partial charge in [-0.3, -0.25) is 5.10 Å². The third-order valence-electron chi connectivity index (χ3n) is 1.64. The Kier molecular flexibility index (Phi) is 3.25. The smallest absolute Gasteiger partial charge is 0.244 e. The van der Waals surface area contributed by atoms with E-state index in [4.69, 9.17) is 5.11 Å². The Morgan fingerprint density at radius 1 is 1.71 bits per heavy atom. The number of hydrogen-bond donors (Lipinski definition) is 3. The van der Waals surface area contributed by atoms with E-state index in [0.29, 0.717) is 5.69 Å². The Bertz CT molecular complexity index is 396. The van der Waals surface area contributed by atoms with E-state index in [1.165, 1.54) is 13.1 Å². The Hall–Kier alpha value is -0.920. The number of aryl methyl sites for hydroxylation is 1. The van der Waals surface area contributed by atoms with Crippen LogP contribution in [0.3, 0.4) is 0 Å². The van der Waals surface area contributed by atoms with E-state index in [1.807, 2.05) is 0 Å². The number of hydrogen-bond acceptors (Lipinski definition) is 4. The number of rotatable bonds is 4. The Balaban J connectivity index is 2.82. The maximum atomic E-state index is 11.5. The van der Waals surface area contributed by atoms with Crippen molar-refractivity contribution in [2.45, 2.75) is 24.8 Å². The minimum Gasteiger partial charge on any atom is -0.392 e. The number of nitrogens with zero attached hydrogens (tertiary/aromatic N) is 1. The second-order valence-corrected chi connectivity index (χ2v) is 4.80. The highest BCUT2D eigenvalue weighted by atomic mass is 32.2. The van der Waals surface area contributed by atoms with Crippen molar-refractivity contribution in [3.05, 3.63) is 11.9 Å². The SMILES string of the molecule is Cc1[nH]ncc1S(=O)(=O)NC[C@H](C)O. The molecule has 0 saturated carbocycles. The largest absolute Gasteiger partial charge is 0.392 e. The van der Waals surface area contributed by atoms with Gasteiger partial charge in [-0.05, 0) is 13.8 Å². The molecular weight excluding hydrogens is 206 g/mol. The van der Waals surface area contributed by atoms with Crippen LogP contribution in [0.4, 0.5) is 0 Å². The van der Waals surface area contributed by atoms with Gasteiger partial charge in [0.15, 0.2) is 0 Å². The van der Waals surface area contributed by atoms with Crippen molar-refractivity contribution in [1.29, 1.82) is 0 Å². The number of H-pyrrole nitrogens is 1. The average Bonchev–Trinajstić information content (AvgIpc) is 2.48. The van der Waals surface area contributed by atoms with E-state index < -0.39 is 16.1 Å². The highest BCUT2D eigenvalue weighted by Gasteiger charge is 2.18. The number of aliphatic hydroxyl groups is 1. The van der Waals surface area contributed by atoms with Crippen LogP contribution in [0.1, 0.15) is 12.6 Å². The quantitative estimate of drug-likeness (QED) is 0.628. The molecule has 0 aromatic carbocycles. The molecule has 0 bridgehead atoms. The summed E-state index contributed by atoms with van der Waals surface area (Å²) in [5.74, 6) is 0. The van der Waals surface area contributed by atoms with E-state index in [-0.39, 0.29) is 11.4 Å². The van der Waals surface area contributed by atoms with Gasteiger partial charge in [-0.15, -0.1) is 0 Å². The minimum absolute atomic E-state index is 0.00699. The molecule has 0 fully saturated rings. The first-order chi connectivity index (χ1) is 6.43. The maximum absolute atomic E-state index is 11.5. The van der Waals surface area contributed by atoms with Gasteiger partial charge in [-0.1, -0.05) is 0 Å². The summed E-state index contributed by atoms with van der Waals surface area (Å²) in [5, 5.41) is 15.1. The van der Waals surface area contributed by atoms with Crippen molar-refractivity contribution in [2.24, 2.45) is 0 Å². The fourth-order valence-corrected chi connectivity index (χ4v) is 2.17. The second kappa shape index (κ2) is 4.07. The summed E-state index contributed by atoms with van der Waals surface area (Å²) >= 11 is 0. The van der Waals surface area contributed by atoms with Crippen LogP contribution >= 0.6 is 0 Å². The molecule has 0 radical (unpaired) electrons. The molecule has 1 aromatic rings. The Morgan fingerprint density at radius 3 is 2.79 bits per heavy atom. The summed E-state index contributed by atoms with van der Waals surface area (Å²) in [6.07, 6.45) is 0.525. The van der Waals surface area contributed by atoms with Gasteiger partial charge in [0.05, 0.1) is 18.0 Å². The first-order valence-corrected chi connectivity index (χ1v) is 5.59. The van der Waals surface area contributed by atoms with Gasteiger partial charge < -0.3 is 5.11 Å². The molecule has 0 aliphatic carbocycles. The van der Waals surface area contributed by atoms with E-state index in [1.54, 1.807) is 6.92 Å². The number of aromatic amines is 1. The third-order valence-corrected chi connectivity index (χ3v) is 3.18. The molecule has 0 spiro atoms.